The number of hydrogen-bond donors (Lipinski definition) is 2. The van der Waals surface area contributed by atoms with Crippen molar-refractivity contribution in [3.63, 3.8) is 0 Å². The summed E-state index contributed by atoms with van der Waals surface area (Å²) in [5.74, 6) is 0. The summed E-state index contributed by atoms with van der Waals surface area (Å²) in [6.07, 6.45) is 2.26. The minimum absolute atomic E-state index is 0.0699. The van der Waals surface area contributed by atoms with Crippen LogP contribution in [0.15, 0.2) is 30.3 Å². The van der Waals surface area contributed by atoms with Gasteiger partial charge in [-0.1, -0.05) is 0 Å². The number of carbonyl (C=O) groups excluding carboxylic acids is 1. The number of amides is 2. The van der Waals surface area contributed by atoms with Gasteiger partial charge in [0.25, 0.3) is 0 Å². The van der Waals surface area contributed by atoms with Crippen LogP contribution in [0.1, 0.15) is 24.2 Å². The summed E-state index contributed by atoms with van der Waals surface area (Å²) in [6.45, 7) is 9.48. The largest absolute Gasteiger partial charge is 0.371 e. The molecular weight excluding hydrogens is 352 g/mol. The van der Waals surface area contributed by atoms with Gasteiger partial charge in [0.2, 0.25) is 0 Å². The molecule has 2 fully saturated rings. The van der Waals surface area contributed by atoms with E-state index in [2.05, 4.69) is 57.9 Å². The van der Waals surface area contributed by atoms with Crippen molar-refractivity contribution in [2.45, 2.75) is 32.7 Å². The number of benzene rings is 1. The van der Waals surface area contributed by atoms with Gasteiger partial charge in [0.1, 0.15) is 0 Å². The molecule has 2 amide bonds. The number of hydrogen-bond acceptors (Lipinski definition) is 4. The Balaban J connectivity index is 1.25. The average molecular weight is 383 g/mol. The highest BCUT2D eigenvalue weighted by Gasteiger charge is 2.21. The van der Waals surface area contributed by atoms with Crippen LogP contribution in [-0.2, 0) is 0 Å². The highest BCUT2D eigenvalue weighted by molar-refractivity contribution is 5.76. The third-order valence-corrected chi connectivity index (χ3v) is 5.72. The molecule has 2 saturated heterocycles. The van der Waals surface area contributed by atoms with Crippen molar-refractivity contribution in [2.75, 3.05) is 44.2 Å². The van der Waals surface area contributed by atoms with Crippen molar-refractivity contribution in [3.8, 4) is 5.69 Å². The molecule has 0 unspecified atom stereocenters. The van der Waals surface area contributed by atoms with E-state index in [0.29, 0.717) is 6.04 Å². The SMILES string of the molecule is Cc1cc(C)n(-c2ccc(N3CCC(NCCN4CCNC4=O)CC3)cc2)n1. The minimum Gasteiger partial charge on any atom is -0.371 e. The predicted molar refractivity (Wildman–Crippen MR) is 111 cm³/mol. The van der Waals surface area contributed by atoms with Crippen LogP contribution in [-0.4, -0.2) is 66.0 Å². The Morgan fingerprint density at radius 2 is 1.82 bits per heavy atom. The lowest BCUT2D eigenvalue weighted by Gasteiger charge is -2.34. The fraction of sp³-hybridized carbons (Fsp3) is 0.524. The van der Waals surface area contributed by atoms with Gasteiger partial charge in [-0.15, -0.1) is 0 Å². The van der Waals surface area contributed by atoms with E-state index in [0.717, 1.165) is 69.2 Å². The highest BCUT2D eigenvalue weighted by atomic mass is 16.2. The van der Waals surface area contributed by atoms with Gasteiger partial charge in [0.05, 0.1) is 11.4 Å². The summed E-state index contributed by atoms with van der Waals surface area (Å²) in [4.78, 5) is 15.9. The number of aryl methyl sites for hydroxylation is 2. The van der Waals surface area contributed by atoms with Crippen molar-refractivity contribution >= 4 is 11.7 Å². The van der Waals surface area contributed by atoms with E-state index >= 15 is 0 Å². The van der Waals surface area contributed by atoms with Gasteiger partial charge in [-0.3, -0.25) is 0 Å². The van der Waals surface area contributed by atoms with E-state index < -0.39 is 0 Å². The van der Waals surface area contributed by atoms with E-state index in [4.69, 9.17) is 0 Å². The molecule has 0 atom stereocenters. The fourth-order valence-corrected chi connectivity index (χ4v) is 4.16. The first kappa shape index (κ1) is 18.8. The highest BCUT2D eigenvalue weighted by Crippen LogP contribution is 2.22. The first-order chi connectivity index (χ1) is 13.6. The molecule has 0 radical (unpaired) electrons. The zero-order chi connectivity index (χ0) is 19.5. The molecule has 2 aliphatic rings. The molecule has 3 heterocycles. The average Bonchev–Trinajstić information content (AvgIpc) is 3.27. The minimum atomic E-state index is 0.0699. The van der Waals surface area contributed by atoms with Crippen LogP contribution in [0.3, 0.4) is 0 Å². The zero-order valence-corrected chi connectivity index (χ0v) is 16.8. The molecule has 1 aromatic carbocycles. The van der Waals surface area contributed by atoms with Gasteiger partial charge in [-0.25, -0.2) is 9.48 Å². The summed E-state index contributed by atoms with van der Waals surface area (Å²) in [6, 6.07) is 11.4. The standard InChI is InChI=1S/C21H30N6O/c1-16-15-17(2)27(24-16)20-5-3-19(4-6-20)25-11-7-18(8-12-25)22-9-13-26-14-10-23-21(26)28/h3-6,15,18,22H,7-14H2,1-2H3,(H,23,28). The summed E-state index contributed by atoms with van der Waals surface area (Å²) < 4.78 is 2.00. The Bertz CT molecular complexity index is 807. The Morgan fingerprint density at radius 3 is 2.43 bits per heavy atom. The molecule has 0 aliphatic carbocycles. The first-order valence-corrected chi connectivity index (χ1v) is 10.2. The monoisotopic (exact) mass is 382 g/mol. The Morgan fingerprint density at radius 1 is 1.11 bits per heavy atom. The second-order valence-electron chi connectivity index (χ2n) is 7.79. The first-order valence-electron chi connectivity index (χ1n) is 10.2. The number of anilines is 1. The summed E-state index contributed by atoms with van der Waals surface area (Å²) in [5.41, 5.74) is 4.58. The van der Waals surface area contributed by atoms with Gasteiger partial charge in [0, 0.05) is 56.7 Å². The molecule has 0 saturated carbocycles. The molecule has 2 aliphatic heterocycles. The normalized spacial score (nSPS) is 18.0. The molecule has 28 heavy (non-hydrogen) atoms. The van der Waals surface area contributed by atoms with Crippen LogP contribution < -0.4 is 15.5 Å². The van der Waals surface area contributed by atoms with Crippen LogP contribution in [0.25, 0.3) is 5.69 Å². The molecule has 1 aromatic heterocycles. The number of carbonyl (C=O) groups is 1. The molecule has 7 nitrogen and oxygen atoms in total. The van der Waals surface area contributed by atoms with Crippen molar-refractivity contribution in [1.82, 2.24) is 25.3 Å². The van der Waals surface area contributed by atoms with Gasteiger partial charge in [0.15, 0.2) is 0 Å². The van der Waals surface area contributed by atoms with Gasteiger partial charge in [-0.2, -0.15) is 5.10 Å². The van der Waals surface area contributed by atoms with E-state index in [1.165, 1.54) is 5.69 Å². The lowest BCUT2D eigenvalue weighted by molar-refractivity contribution is 0.216. The number of urea groups is 1. The molecule has 2 N–H and O–H groups in total. The molecule has 0 spiro atoms. The molecule has 150 valence electrons. The summed E-state index contributed by atoms with van der Waals surface area (Å²) in [5, 5.41) is 11.0. The van der Waals surface area contributed by atoms with Crippen molar-refractivity contribution < 1.29 is 4.79 Å². The smallest absolute Gasteiger partial charge is 0.317 e. The quantitative estimate of drug-likeness (QED) is 0.803. The maximum atomic E-state index is 11.6. The van der Waals surface area contributed by atoms with Crippen LogP contribution in [0, 0.1) is 13.8 Å². The molecule has 4 rings (SSSR count). The number of rotatable bonds is 6. The predicted octanol–water partition coefficient (Wildman–Crippen LogP) is 2.07. The van der Waals surface area contributed by atoms with E-state index in [1.54, 1.807) is 0 Å². The van der Waals surface area contributed by atoms with Gasteiger partial charge in [-0.05, 0) is 57.0 Å². The lowest BCUT2D eigenvalue weighted by Crippen LogP contribution is -2.45. The zero-order valence-electron chi connectivity index (χ0n) is 16.8. The molecule has 2 aromatic rings. The third-order valence-electron chi connectivity index (χ3n) is 5.72. The summed E-state index contributed by atoms with van der Waals surface area (Å²) >= 11 is 0. The van der Waals surface area contributed by atoms with Crippen molar-refractivity contribution in [1.29, 1.82) is 0 Å². The maximum absolute atomic E-state index is 11.6. The second kappa shape index (κ2) is 8.22. The van der Waals surface area contributed by atoms with Crippen LogP contribution >= 0.6 is 0 Å². The molecular formula is C21H30N6O. The third kappa shape index (κ3) is 4.14. The van der Waals surface area contributed by atoms with E-state index in [9.17, 15) is 4.79 Å². The van der Waals surface area contributed by atoms with Crippen molar-refractivity contribution in [3.05, 3.63) is 41.7 Å². The number of nitrogens with zero attached hydrogens (tertiary/aromatic N) is 4. The maximum Gasteiger partial charge on any atom is 0.317 e. The van der Waals surface area contributed by atoms with Crippen LogP contribution in [0.2, 0.25) is 0 Å². The Hall–Kier alpha value is -2.54. The lowest BCUT2D eigenvalue weighted by atomic mass is 10.0. The number of aromatic nitrogens is 2. The molecule has 7 heteroatoms. The second-order valence-corrected chi connectivity index (χ2v) is 7.79. The summed E-state index contributed by atoms with van der Waals surface area (Å²) in [7, 11) is 0. The van der Waals surface area contributed by atoms with Crippen molar-refractivity contribution in [2.24, 2.45) is 0 Å². The van der Waals surface area contributed by atoms with Crippen LogP contribution in [0.4, 0.5) is 10.5 Å². The molecule has 0 bridgehead atoms. The fourth-order valence-electron chi connectivity index (χ4n) is 4.16. The topological polar surface area (TPSA) is 65.4 Å². The van der Waals surface area contributed by atoms with E-state index in [-0.39, 0.29) is 6.03 Å². The number of nitrogens with one attached hydrogen (secondary N) is 2. The van der Waals surface area contributed by atoms with E-state index in [1.807, 2.05) is 16.5 Å². The Labute approximate surface area is 166 Å². The van der Waals surface area contributed by atoms with Gasteiger partial charge >= 0.3 is 6.03 Å². The Kier molecular flexibility index (Phi) is 5.52. The number of piperidine rings is 1. The van der Waals surface area contributed by atoms with Crippen LogP contribution in [0.5, 0.6) is 0 Å². The van der Waals surface area contributed by atoms with Gasteiger partial charge < -0.3 is 20.4 Å².